The van der Waals surface area contributed by atoms with Crippen LogP contribution in [0.4, 0.5) is 10.5 Å². The lowest BCUT2D eigenvalue weighted by atomic mass is 10.0. The van der Waals surface area contributed by atoms with E-state index in [1.54, 1.807) is 36.5 Å². The summed E-state index contributed by atoms with van der Waals surface area (Å²) in [5.74, 6) is -0.564. The predicted octanol–water partition coefficient (Wildman–Crippen LogP) is 4.02. The second-order valence-corrected chi connectivity index (χ2v) is 9.27. The van der Waals surface area contributed by atoms with Gasteiger partial charge in [0.05, 0.1) is 28.3 Å². The summed E-state index contributed by atoms with van der Waals surface area (Å²) in [4.78, 5) is 38.9. The van der Waals surface area contributed by atoms with E-state index in [2.05, 4.69) is 5.32 Å². The number of aromatic nitrogens is 1. The number of nitrogens with one attached hydrogen (secondary N) is 1. The van der Waals surface area contributed by atoms with Gasteiger partial charge in [-0.3, -0.25) is 14.5 Å². The number of hydrogen-bond acceptors (Lipinski definition) is 6. The third-order valence-corrected chi connectivity index (χ3v) is 6.66. The van der Waals surface area contributed by atoms with E-state index in [-0.39, 0.29) is 24.2 Å². The van der Waals surface area contributed by atoms with E-state index in [4.69, 9.17) is 16.3 Å². The van der Waals surface area contributed by atoms with E-state index in [1.165, 1.54) is 26.9 Å². The smallest absolute Gasteiger partial charge is 0.414 e. The quantitative estimate of drug-likeness (QED) is 0.524. The summed E-state index contributed by atoms with van der Waals surface area (Å²) < 4.78 is 7.42. The Morgan fingerprint density at radius 3 is 2.67 bits per heavy atom. The third-order valence-electron chi connectivity index (χ3n) is 5.43. The van der Waals surface area contributed by atoms with Crippen LogP contribution in [0.5, 0.6) is 5.75 Å². The molecule has 10 heteroatoms. The summed E-state index contributed by atoms with van der Waals surface area (Å²) in [6.45, 7) is 2.44. The van der Waals surface area contributed by atoms with Gasteiger partial charge in [0, 0.05) is 11.9 Å². The summed E-state index contributed by atoms with van der Waals surface area (Å²) in [6, 6.07) is 13.3. The van der Waals surface area contributed by atoms with Gasteiger partial charge in [-0.05, 0) is 48.4 Å². The lowest BCUT2D eigenvalue weighted by Crippen LogP contribution is -2.34. The SMILES string of the molecule is CCC(c1ccc(N2C[C@H](CNC(=O)c3ccc(Cl)s3)OC2=O)cc1)n1cccc(O)c1=O. The molecule has 1 aliphatic heterocycles. The standard InChI is InChI=1S/C23H22ClN3O5S/c1-2-17(26-11-3-4-18(28)22(26)30)14-5-7-15(8-6-14)27-13-16(32-23(27)31)12-25-21(29)19-9-10-20(24)33-19/h3-11,16-17,28H,2,12-13H2,1H3,(H,25,29)/t16-,17?/m0/s1. The van der Waals surface area contributed by atoms with Crippen molar-refractivity contribution >= 4 is 40.6 Å². The Kier molecular flexibility index (Phi) is 6.71. The van der Waals surface area contributed by atoms with Crippen molar-refractivity contribution in [2.75, 3.05) is 18.0 Å². The van der Waals surface area contributed by atoms with Gasteiger partial charge >= 0.3 is 6.09 Å². The zero-order valence-corrected chi connectivity index (χ0v) is 19.3. The zero-order chi connectivity index (χ0) is 23.5. The highest BCUT2D eigenvalue weighted by molar-refractivity contribution is 7.18. The molecule has 2 atom stereocenters. The van der Waals surface area contributed by atoms with Crippen LogP contribution in [0.3, 0.4) is 0 Å². The number of carbonyl (C=O) groups excluding carboxylic acids is 2. The van der Waals surface area contributed by atoms with Crippen LogP contribution < -0.4 is 15.8 Å². The Hall–Kier alpha value is -3.30. The molecule has 0 saturated carbocycles. The van der Waals surface area contributed by atoms with Gasteiger partial charge < -0.3 is 19.7 Å². The molecule has 4 rings (SSSR count). The Balaban J connectivity index is 1.42. The van der Waals surface area contributed by atoms with Crippen molar-refractivity contribution in [1.82, 2.24) is 9.88 Å². The van der Waals surface area contributed by atoms with E-state index in [1.807, 2.05) is 19.1 Å². The first-order valence-corrected chi connectivity index (χ1v) is 11.6. The van der Waals surface area contributed by atoms with E-state index in [0.29, 0.717) is 27.9 Å². The second-order valence-electron chi connectivity index (χ2n) is 7.55. The van der Waals surface area contributed by atoms with Crippen LogP contribution in [-0.4, -0.2) is 40.9 Å². The number of nitrogens with zero attached hydrogens (tertiary/aromatic N) is 2. The summed E-state index contributed by atoms with van der Waals surface area (Å²) in [6.07, 6.45) is 1.32. The molecule has 0 bridgehead atoms. The van der Waals surface area contributed by atoms with Crippen LogP contribution in [0.1, 0.15) is 34.6 Å². The van der Waals surface area contributed by atoms with Crippen LogP contribution in [0.25, 0.3) is 0 Å². The number of halogens is 1. The van der Waals surface area contributed by atoms with Crippen LogP contribution in [-0.2, 0) is 4.74 Å². The van der Waals surface area contributed by atoms with Crippen molar-refractivity contribution in [1.29, 1.82) is 0 Å². The van der Waals surface area contributed by atoms with Crippen molar-refractivity contribution < 1.29 is 19.4 Å². The summed E-state index contributed by atoms with van der Waals surface area (Å²) >= 11 is 7.04. The lowest BCUT2D eigenvalue weighted by molar-refractivity contribution is 0.0920. The number of amides is 2. The molecule has 0 radical (unpaired) electrons. The number of ether oxygens (including phenoxy) is 1. The number of hydrogen-bond donors (Lipinski definition) is 2. The Bertz CT molecular complexity index is 1220. The van der Waals surface area contributed by atoms with Crippen LogP contribution >= 0.6 is 22.9 Å². The highest BCUT2D eigenvalue weighted by Crippen LogP contribution is 2.27. The molecular weight excluding hydrogens is 466 g/mol. The highest BCUT2D eigenvalue weighted by Gasteiger charge is 2.32. The first-order valence-electron chi connectivity index (χ1n) is 10.4. The summed E-state index contributed by atoms with van der Waals surface area (Å²) in [7, 11) is 0. The average Bonchev–Trinajstić information content (AvgIpc) is 3.41. The van der Waals surface area contributed by atoms with E-state index < -0.39 is 17.8 Å². The van der Waals surface area contributed by atoms with Gasteiger partial charge in [-0.2, -0.15) is 0 Å². The molecule has 1 saturated heterocycles. The van der Waals surface area contributed by atoms with E-state index in [9.17, 15) is 19.5 Å². The zero-order valence-electron chi connectivity index (χ0n) is 17.7. The van der Waals surface area contributed by atoms with Gasteiger partial charge in [0.1, 0.15) is 6.10 Å². The van der Waals surface area contributed by atoms with Gasteiger partial charge in [-0.25, -0.2) is 4.79 Å². The van der Waals surface area contributed by atoms with Gasteiger partial charge in [0.2, 0.25) is 0 Å². The molecule has 33 heavy (non-hydrogen) atoms. The maximum Gasteiger partial charge on any atom is 0.414 e. The molecule has 2 amide bonds. The lowest BCUT2D eigenvalue weighted by Gasteiger charge is -2.20. The maximum atomic E-state index is 12.4. The summed E-state index contributed by atoms with van der Waals surface area (Å²) in [5, 5.41) is 12.5. The van der Waals surface area contributed by atoms with Gasteiger partial charge in [0.25, 0.3) is 11.5 Å². The van der Waals surface area contributed by atoms with E-state index in [0.717, 1.165) is 5.56 Å². The number of benzene rings is 1. The van der Waals surface area contributed by atoms with Crippen molar-refractivity contribution in [3.8, 4) is 5.75 Å². The number of aromatic hydroxyl groups is 1. The third kappa shape index (κ3) is 4.89. The van der Waals surface area contributed by atoms with E-state index >= 15 is 0 Å². The minimum Gasteiger partial charge on any atom is -0.503 e. The predicted molar refractivity (Wildman–Crippen MR) is 127 cm³/mol. The number of carbonyl (C=O) groups is 2. The summed E-state index contributed by atoms with van der Waals surface area (Å²) in [5.41, 5.74) is 1.08. The fraction of sp³-hybridized carbons (Fsp3) is 0.261. The molecule has 2 aromatic heterocycles. The minimum atomic E-state index is -0.489. The maximum absolute atomic E-state index is 12.4. The monoisotopic (exact) mass is 487 g/mol. The Labute approximate surface area is 199 Å². The number of rotatable bonds is 7. The number of cyclic esters (lactones) is 1. The molecule has 0 spiro atoms. The molecule has 0 aliphatic carbocycles. The number of thiophene rings is 1. The largest absolute Gasteiger partial charge is 0.503 e. The fourth-order valence-corrected chi connectivity index (χ4v) is 4.74. The van der Waals surface area contributed by atoms with Crippen molar-refractivity contribution in [2.45, 2.75) is 25.5 Å². The molecule has 2 N–H and O–H groups in total. The normalized spacial score (nSPS) is 16.5. The second kappa shape index (κ2) is 9.68. The van der Waals surface area contributed by atoms with Crippen LogP contribution in [0, 0.1) is 0 Å². The molecule has 1 aliphatic rings. The minimum absolute atomic E-state index is 0.188. The average molecular weight is 488 g/mol. The van der Waals surface area contributed by atoms with Gasteiger partial charge in [0.15, 0.2) is 5.75 Å². The number of anilines is 1. The van der Waals surface area contributed by atoms with Crippen molar-refractivity contribution in [2.24, 2.45) is 0 Å². The number of pyridine rings is 1. The molecule has 1 aromatic carbocycles. The molecule has 172 valence electrons. The Morgan fingerprint density at radius 2 is 2.00 bits per heavy atom. The first kappa shape index (κ1) is 22.9. The van der Waals surface area contributed by atoms with Gasteiger partial charge in [-0.15, -0.1) is 11.3 Å². The van der Waals surface area contributed by atoms with Crippen LogP contribution in [0.15, 0.2) is 59.5 Å². The highest BCUT2D eigenvalue weighted by atomic mass is 35.5. The topological polar surface area (TPSA) is 101 Å². The molecule has 3 heterocycles. The molecule has 1 unspecified atom stereocenters. The molecule has 3 aromatic rings. The molecule has 8 nitrogen and oxygen atoms in total. The Morgan fingerprint density at radius 1 is 1.24 bits per heavy atom. The first-order chi connectivity index (χ1) is 15.9. The fourth-order valence-electron chi connectivity index (χ4n) is 3.78. The molecular formula is C23H22ClN3O5S. The van der Waals surface area contributed by atoms with Gasteiger partial charge in [-0.1, -0.05) is 30.7 Å². The molecule has 1 fully saturated rings. The van der Waals surface area contributed by atoms with Crippen molar-refractivity contribution in [3.63, 3.8) is 0 Å². The van der Waals surface area contributed by atoms with Crippen LogP contribution in [0.2, 0.25) is 4.34 Å². The van der Waals surface area contributed by atoms with Crippen molar-refractivity contribution in [3.05, 3.63) is 79.9 Å².